The van der Waals surface area contributed by atoms with Crippen LogP contribution in [0.4, 0.5) is 5.82 Å². The quantitative estimate of drug-likeness (QED) is 0.482. The van der Waals surface area contributed by atoms with Gasteiger partial charge in [-0.1, -0.05) is 0 Å². The molecule has 0 fully saturated rings. The van der Waals surface area contributed by atoms with Gasteiger partial charge in [0.15, 0.2) is 0 Å². The zero-order valence-corrected chi connectivity index (χ0v) is 8.14. The van der Waals surface area contributed by atoms with Gasteiger partial charge in [-0.25, -0.2) is 4.98 Å². The van der Waals surface area contributed by atoms with Gasteiger partial charge < -0.3 is 3.53 Å². The van der Waals surface area contributed by atoms with Gasteiger partial charge in [0.25, 0.3) is 0 Å². The number of aromatic nitrogens is 2. The van der Waals surface area contributed by atoms with E-state index in [4.69, 9.17) is 11.6 Å². The fraction of sp³-hybridized carbons (Fsp3) is 0.200. The highest BCUT2D eigenvalue weighted by atomic mass is 127. The van der Waals surface area contributed by atoms with Crippen LogP contribution >= 0.6 is 34.5 Å². The third-order valence-electron chi connectivity index (χ3n) is 1.03. The summed E-state index contributed by atoms with van der Waals surface area (Å²) in [6.45, 7) is 1.91. The Morgan fingerprint density at radius 1 is 1.70 bits per heavy atom. The molecule has 1 aromatic heterocycles. The summed E-state index contributed by atoms with van der Waals surface area (Å²) in [5.74, 6) is 0.764. The summed E-state index contributed by atoms with van der Waals surface area (Å²) >= 11 is 7.53. The molecule has 0 saturated carbocycles. The number of halogens is 2. The maximum absolute atomic E-state index is 5.53. The van der Waals surface area contributed by atoms with E-state index in [0.717, 1.165) is 11.4 Å². The molecule has 0 bridgehead atoms. The third-order valence-corrected chi connectivity index (χ3v) is 1.72. The number of nitrogens with one attached hydrogen (secondary N) is 1. The first-order chi connectivity index (χ1) is 4.74. The van der Waals surface area contributed by atoms with E-state index in [-0.39, 0.29) is 5.28 Å². The van der Waals surface area contributed by atoms with Crippen LogP contribution in [-0.2, 0) is 0 Å². The van der Waals surface area contributed by atoms with Gasteiger partial charge in [0.2, 0.25) is 5.28 Å². The molecule has 0 spiro atoms. The van der Waals surface area contributed by atoms with E-state index in [0.29, 0.717) is 0 Å². The Morgan fingerprint density at radius 2 is 2.40 bits per heavy atom. The molecule has 0 aromatic carbocycles. The molecule has 3 nitrogen and oxygen atoms in total. The first-order valence-corrected chi connectivity index (χ1v) is 4.05. The lowest BCUT2D eigenvalue weighted by molar-refractivity contribution is 1.14. The van der Waals surface area contributed by atoms with Gasteiger partial charge in [0.1, 0.15) is 5.82 Å². The first-order valence-electron chi connectivity index (χ1n) is 2.60. The molecule has 0 aliphatic heterocycles. The monoisotopic (exact) mass is 269 g/mol. The Balaban J connectivity index is 3.09. The van der Waals surface area contributed by atoms with Crippen molar-refractivity contribution < 1.29 is 0 Å². The molecule has 0 amide bonds. The molecule has 1 heterocycles. The van der Waals surface area contributed by atoms with E-state index in [1.54, 1.807) is 6.20 Å². The summed E-state index contributed by atoms with van der Waals surface area (Å²) in [5, 5.41) is 0.268. The molecule has 0 saturated heterocycles. The van der Waals surface area contributed by atoms with Gasteiger partial charge in [-0.3, -0.25) is 0 Å². The summed E-state index contributed by atoms with van der Waals surface area (Å²) in [4.78, 5) is 7.73. The van der Waals surface area contributed by atoms with Crippen LogP contribution in [0.2, 0.25) is 5.28 Å². The van der Waals surface area contributed by atoms with Crippen molar-refractivity contribution in [3.8, 4) is 0 Å². The highest BCUT2D eigenvalue weighted by molar-refractivity contribution is 14.1. The summed E-state index contributed by atoms with van der Waals surface area (Å²) in [6.07, 6.45) is 1.68. The van der Waals surface area contributed by atoms with Gasteiger partial charge in [0, 0.05) is 11.8 Å². The minimum atomic E-state index is 0.268. The van der Waals surface area contributed by atoms with Gasteiger partial charge in [0.05, 0.1) is 22.9 Å². The molecule has 10 heavy (non-hydrogen) atoms. The second-order valence-electron chi connectivity index (χ2n) is 1.77. The average molecular weight is 269 g/mol. The maximum atomic E-state index is 5.53. The standard InChI is InChI=1S/C5H5ClIN3/c1-3-2-8-5(6)9-4(3)10-7/h2H,1H3,(H,8,9,10). The van der Waals surface area contributed by atoms with E-state index in [9.17, 15) is 0 Å². The third kappa shape index (κ3) is 1.69. The second kappa shape index (κ2) is 3.34. The van der Waals surface area contributed by atoms with E-state index in [2.05, 4.69) is 13.5 Å². The first kappa shape index (κ1) is 8.00. The average Bonchev–Trinajstić information content (AvgIpc) is 1.94. The number of hydrogen-bond acceptors (Lipinski definition) is 3. The number of aryl methyl sites for hydroxylation is 1. The van der Waals surface area contributed by atoms with Gasteiger partial charge in [-0.2, -0.15) is 4.98 Å². The largest absolute Gasteiger partial charge is 0.313 e. The molecule has 5 heteroatoms. The molecule has 0 aliphatic rings. The fourth-order valence-corrected chi connectivity index (χ4v) is 1.20. The van der Waals surface area contributed by atoms with Crippen LogP contribution in [-0.4, -0.2) is 9.97 Å². The molecule has 0 radical (unpaired) electrons. The van der Waals surface area contributed by atoms with Crippen molar-refractivity contribution in [2.24, 2.45) is 0 Å². The van der Waals surface area contributed by atoms with Crippen LogP contribution in [0.25, 0.3) is 0 Å². The summed E-state index contributed by atoms with van der Waals surface area (Å²) < 4.78 is 2.87. The fourth-order valence-electron chi connectivity index (χ4n) is 0.516. The normalized spacial score (nSPS) is 9.50. The molecule has 54 valence electrons. The van der Waals surface area contributed by atoms with Gasteiger partial charge in [-0.05, 0) is 18.5 Å². The van der Waals surface area contributed by atoms with Crippen LogP contribution in [0, 0.1) is 6.92 Å². The zero-order chi connectivity index (χ0) is 7.56. The highest BCUT2D eigenvalue weighted by Crippen LogP contribution is 2.13. The van der Waals surface area contributed by atoms with Crippen molar-refractivity contribution >= 4 is 40.3 Å². The van der Waals surface area contributed by atoms with E-state index in [1.807, 2.05) is 29.8 Å². The molecule has 0 unspecified atom stereocenters. The van der Waals surface area contributed by atoms with Crippen molar-refractivity contribution in [1.29, 1.82) is 0 Å². The van der Waals surface area contributed by atoms with Gasteiger partial charge in [-0.15, -0.1) is 0 Å². The molecular weight excluding hydrogens is 264 g/mol. The van der Waals surface area contributed by atoms with Crippen molar-refractivity contribution in [3.63, 3.8) is 0 Å². The van der Waals surface area contributed by atoms with Crippen molar-refractivity contribution in [1.82, 2.24) is 9.97 Å². The second-order valence-corrected chi connectivity index (χ2v) is 2.64. The summed E-state index contributed by atoms with van der Waals surface area (Å²) in [6, 6.07) is 0. The van der Waals surface area contributed by atoms with Gasteiger partial charge >= 0.3 is 0 Å². The number of hydrogen-bond donors (Lipinski definition) is 1. The zero-order valence-electron chi connectivity index (χ0n) is 5.23. The predicted molar refractivity (Wildman–Crippen MR) is 49.4 cm³/mol. The number of nitrogens with zero attached hydrogens (tertiary/aromatic N) is 2. The molecule has 0 atom stereocenters. The number of anilines is 1. The smallest absolute Gasteiger partial charge is 0.224 e. The van der Waals surface area contributed by atoms with Crippen LogP contribution in [0.1, 0.15) is 5.56 Å². The van der Waals surface area contributed by atoms with E-state index < -0.39 is 0 Å². The molecule has 1 rings (SSSR count). The predicted octanol–water partition coefficient (Wildman–Crippen LogP) is 2.20. The lowest BCUT2D eigenvalue weighted by Crippen LogP contribution is -1.91. The lowest BCUT2D eigenvalue weighted by atomic mass is 10.4. The molecule has 1 aromatic rings. The lowest BCUT2D eigenvalue weighted by Gasteiger charge is -1.99. The molecule has 1 N–H and O–H groups in total. The maximum Gasteiger partial charge on any atom is 0.224 e. The Kier molecular flexibility index (Phi) is 2.67. The van der Waals surface area contributed by atoms with E-state index >= 15 is 0 Å². The van der Waals surface area contributed by atoms with Crippen LogP contribution < -0.4 is 3.53 Å². The minimum absolute atomic E-state index is 0.268. The summed E-state index contributed by atoms with van der Waals surface area (Å²) in [7, 11) is 0. The van der Waals surface area contributed by atoms with Crippen LogP contribution in [0.5, 0.6) is 0 Å². The van der Waals surface area contributed by atoms with Crippen molar-refractivity contribution in [2.45, 2.75) is 6.92 Å². The summed E-state index contributed by atoms with van der Waals surface area (Å²) in [5.41, 5.74) is 0.985. The Bertz CT molecular complexity index is 240. The van der Waals surface area contributed by atoms with E-state index in [1.165, 1.54) is 0 Å². The van der Waals surface area contributed by atoms with Crippen molar-refractivity contribution in [3.05, 3.63) is 17.0 Å². The Morgan fingerprint density at radius 3 is 2.90 bits per heavy atom. The molecule has 0 aliphatic carbocycles. The minimum Gasteiger partial charge on any atom is -0.313 e. The SMILES string of the molecule is Cc1cnc(Cl)nc1NI. The van der Waals surface area contributed by atoms with Crippen molar-refractivity contribution in [2.75, 3.05) is 3.53 Å². The number of rotatable bonds is 1. The Labute approximate surface area is 77.7 Å². The van der Waals surface area contributed by atoms with Crippen LogP contribution in [0.3, 0.4) is 0 Å². The molecular formula is C5H5ClIN3. The topological polar surface area (TPSA) is 37.8 Å². The Hall–Kier alpha value is -0.100. The van der Waals surface area contributed by atoms with Crippen LogP contribution in [0.15, 0.2) is 6.20 Å². The highest BCUT2D eigenvalue weighted by Gasteiger charge is 1.98.